The SMILES string of the molecule is C=C(C)c1cc(N)c(SCCN=C(N)N)c(NC(=O)c2cc(C(=O)Nc3cc(C(C)(C)C)cc(N)c3SCCN=C(N)N)c(OCCN=C(N)N)cc2OCCN=C(N)N)c1. The van der Waals surface area contributed by atoms with Gasteiger partial charge >= 0.3 is 0 Å². The molecule has 0 radical (unpaired) electrons. The van der Waals surface area contributed by atoms with Gasteiger partial charge in [-0.05, 0) is 53.8 Å². The summed E-state index contributed by atoms with van der Waals surface area (Å²) in [6, 6.07) is 9.98. The van der Waals surface area contributed by atoms with Gasteiger partial charge in [-0.2, -0.15) is 0 Å². The van der Waals surface area contributed by atoms with Gasteiger partial charge in [0.25, 0.3) is 11.8 Å². The number of ether oxygens (including phenoxy) is 2. The van der Waals surface area contributed by atoms with E-state index in [0.29, 0.717) is 68.3 Å². The van der Waals surface area contributed by atoms with Crippen LogP contribution in [0.3, 0.4) is 0 Å². The fraction of sp³-hybridized carbons (Fsp3) is 0.333. The summed E-state index contributed by atoms with van der Waals surface area (Å²) in [4.78, 5) is 46.3. The normalized spacial score (nSPS) is 10.8. The number of nitrogens with zero attached hydrogens (tertiary/aromatic N) is 4. The number of guanidine groups is 4. The molecule has 0 spiro atoms. The van der Waals surface area contributed by atoms with Gasteiger partial charge in [-0.3, -0.25) is 29.6 Å². The largest absolute Gasteiger partial charge is 0.491 e. The van der Waals surface area contributed by atoms with Crippen LogP contribution in [0.1, 0.15) is 59.5 Å². The first-order valence-corrected chi connectivity index (χ1v) is 20.7. The molecule has 0 aliphatic rings. The Kier molecular flexibility index (Phi) is 18.1. The highest BCUT2D eigenvalue weighted by Gasteiger charge is 2.26. The minimum Gasteiger partial charge on any atom is -0.491 e. The third-order valence-corrected chi connectivity index (χ3v) is 10.5. The van der Waals surface area contributed by atoms with Crippen molar-refractivity contribution < 1.29 is 19.1 Å². The lowest BCUT2D eigenvalue weighted by Crippen LogP contribution is -2.24. The van der Waals surface area contributed by atoms with Crippen LogP contribution in [-0.2, 0) is 5.41 Å². The number of nitrogens with one attached hydrogen (secondary N) is 2. The average molecular weight is 879 g/mol. The molecule has 0 saturated carbocycles. The average Bonchev–Trinajstić information content (AvgIpc) is 3.15. The van der Waals surface area contributed by atoms with Crippen molar-refractivity contribution >= 4 is 87.5 Å². The van der Waals surface area contributed by atoms with E-state index in [1.54, 1.807) is 12.1 Å². The zero-order valence-corrected chi connectivity index (χ0v) is 36.5. The van der Waals surface area contributed by atoms with E-state index in [2.05, 4.69) is 37.2 Å². The van der Waals surface area contributed by atoms with Crippen LogP contribution in [0.2, 0.25) is 0 Å². The van der Waals surface area contributed by atoms with Crippen molar-refractivity contribution in [1.82, 2.24) is 0 Å². The highest BCUT2D eigenvalue weighted by molar-refractivity contribution is 7.99. The van der Waals surface area contributed by atoms with Gasteiger partial charge in [-0.1, -0.05) is 32.9 Å². The van der Waals surface area contributed by atoms with Crippen molar-refractivity contribution in [2.45, 2.75) is 42.9 Å². The number of nitrogen functional groups attached to an aromatic ring is 2. The summed E-state index contributed by atoms with van der Waals surface area (Å²) in [5.41, 5.74) is 60.8. The molecule has 3 aromatic rings. The van der Waals surface area contributed by atoms with Crippen LogP contribution in [-0.4, -0.2) is 86.6 Å². The first-order valence-electron chi connectivity index (χ1n) is 18.7. The number of allylic oxidation sites excluding steroid dienone is 1. The summed E-state index contributed by atoms with van der Waals surface area (Å²) < 4.78 is 12.2. The van der Waals surface area contributed by atoms with Gasteiger partial charge in [0.15, 0.2) is 23.8 Å². The van der Waals surface area contributed by atoms with Gasteiger partial charge in [0.2, 0.25) is 0 Å². The molecule has 22 heteroatoms. The van der Waals surface area contributed by atoms with Crippen molar-refractivity contribution in [2.24, 2.45) is 65.8 Å². The molecule has 0 heterocycles. The Labute approximate surface area is 363 Å². The van der Waals surface area contributed by atoms with Crippen LogP contribution in [0, 0.1) is 0 Å². The fourth-order valence-corrected chi connectivity index (χ4v) is 7.09. The molecule has 3 rings (SSSR count). The summed E-state index contributed by atoms with van der Waals surface area (Å²) in [6.45, 7) is 12.5. The Bertz CT molecular complexity index is 2190. The van der Waals surface area contributed by atoms with Crippen LogP contribution in [0.4, 0.5) is 22.7 Å². The second kappa shape index (κ2) is 22.6. The number of aliphatic imine (C=N–C) groups is 4. The summed E-state index contributed by atoms with van der Waals surface area (Å²) in [5, 5.41) is 5.96. The molecule has 0 atom stereocenters. The van der Waals surface area contributed by atoms with E-state index in [1.165, 1.54) is 35.7 Å². The van der Waals surface area contributed by atoms with Crippen LogP contribution in [0.25, 0.3) is 5.57 Å². The molecular formula is C39H58N16O4S2. The first kappa shape index (κ1) is 48.7. The van der Waals surface area contributed by atoms with Crippen LogP contribution >= 0.6 is 23.5 Å². The minimum absolute atomic E-state index is 0.0374. The first-order chi connectivity index (χ1) is 28.7. The van der Waals surface area contributed by atoms with Gasteiger partial charge < -0.3 is 77.4 Å². The van der Waals surface area contributed by atoms with E-state index in [9.17, 15) is 9.59 Å². The molecule has 0 bridgehead atoms. The number of nitrogens with two attached hydrogens (primary N) is 10. The Hall–Kier alpha value is -6.68. The fourth-order valence-electron chi connectivity index (χ4n) is 5.33. The molecule has 330 valence electrons. The summed E-state index contributed by atoms with van der Waals surface area (Å²) in [6.07, 6.45) is 0. The zero-order chi connectivity index (χ0) is 45.4. The molecule has 3 aromatic carbocycles. The second-order valence-electron chi connectivity index (χ2n) is 14.3. The number of carbonyl (C=O) groups excluding carboxylic acids is 2. The lowest BCUT2D eigenvalue weighted by atomic mass is 9.86. The van der Waals surface area contributed by atoms with E-state index in [4.69, 9.17) is 66.8 Å². The van der Waals surface area contributed by atoms with Crippen LogP contribution in [0.15, 0.2) is 72.7 Å². The smallest absolute Gasteiger partial charge is 0.259 e. The molecule has 0 fully saturated rings. The maximum atomic E-state index is 14.6. The molecular weight excluding hydrogens is 821 g/mol. The topological polar surface area (TPSA) is 386 Å². The number of amides is 2. The molecule has 22 N–H and O–H groups in total. The monoisotopic (exact) mass is 878 g/mol. The predicted octanol–water partition coefficient (Wildman–Crippen LogP) is 1.72. The van der Waals surface area contributed by atoms with Gasteiger partial charge in [0.1, 0.15) is 24.7 Å². The second-order valence-corrected chi connectivity index (χ2v) is 16.5. The lowest BCUT2D eigenvalue weighted by Gasteiger charge is -2.23. The highest BCUT2D eigenvalue weighted by atomic mass is 32.2. The van der Waals surface area contributed by atoms with Crippen molar-refractivity contribution in [2.75, 3.05) is 73.0 Å². The van der Waals surface area contributed by atoms with Crippen LogP contribution < -0.4 is 77.4 Å². The van der Waals surface area contributed by atoms with E-state index in [0.717, 1.165) is 5.56 Å². The highest BCUT2D eigenvalue weighted by Crippen LogP contribution is 2.40. The Morgan fingerprint density at radius 1 is 0.623 bits per heavy atom. The molecule has 0 aliphatic heterocycles. The molecule has 0 aromatic heterocycles. The third-order valence-electron chi connectivity index (χ3n) is 8.21. The maximum absolute atomic E-state index is 14.6. The quantitative estimate of drug-likeness (QED) is 0.0238. The van der Waals surface area contributed by atoms with E-state index in [1.807, 2.05) is 39.8 Å². The van der Waals surface area contributed by atoms with Gasteiger partial charge in [-0.15, -0.1) is 23.5 Å². The number of benzene rings is 3. The Morgan fingerprint density at radius 3 is 1.44 bits per heavy atom. The summed E-state index contributed by atoms with van der Waals surface area (Å²) in [5.74, 6) is -0.740. The molecule has 20 nitrogen and oxygen atoms in total. The van der Waals surface area contributed by atoms with Crippen molar-refractivity contribution in [3.05, 3.63) is 65.2 Å². The Balaban J connectivity index is 2.24. The number of anilines is 4. The van der Waals surface area contributed by atoms with E-state index >= 15 is 0 Å². The number of carbonyl (C=O) groups is 2. The van der Waals surface area contributed by atoms with E-state index in [-0.39, 0.29) is 78.2 Å². The van der Waals surface area contributed by atoms with Crippen molar-refractivity contribution in [3.8, 4) is 11.5 Å². The summed E-state index contributed by atoms with van der Waals surface area (Å²) >= 11 is 2.69. The number of rotatable bonds is 21. The predicted molar refractivity (Wildman–Crippen MR) is 253 cm³/mol. The van der Waals surface area contributed by atoms with Crippen molar-refractivity contribution in [1.29, 1.82) is 0 Å². The number of hydrogen-bond donors (Lipinski definition) is 12. The van der Waals surface area contributed by atoms with Crippen molar-refractivity contribution in [3.63, 3.8) is 0 Å². The standard InChI is InChI=1S/C39H58N16O4S2/c1-20(2)21-14-25(40)31(60-12-8-52-37(46)47)27(15-21)54-33(56)23-18-24(30(59-11-7-51-36(44)45)19-29(23)58-10-6-50-35(42)43)34(57)55-28-17-22(39(3,4)5)16-26(41)32(28)61-13-9-53-38(48)49/h14-19H,1,6-13,40-41H2,2-5H3,(H,54,56)(H,55,57)(H4,42,43,50)(H4,44,45,51)(H4,46,47,52)(H4,48,49,53). The van der Waals surface area contributed by atoms with Gasteiger partial charge in [-0.25, -0.2) is 0 Å². The van der Waals surface area contributed by atoms with Gasteiger partial charge in [0.05, 0.1) is 58.5 Å². The van der Waals surface area contributed by atoms with Gasteiger partial charge in [0, 0.05) is 28.9 Å². The molecule has 0 saturated heterocycles. The Morgan fingerprint density at radius 2 is 1.03 bits per heavy atom. The molecule has 2 amide bonds. The lowest BCUT2D eigenvalue weighted by molar-refractivity contribution is 0.102. The third kappa shape index (κ3) is 15.5. The zero-order valence-electron chi connectivity index (χ0n) is 34.8. The maximum Gasteiger partial charge on any atom is 0.259 e. The van der Waals surface area contributed by atoms with E-state index < -0.39 is 11.8 Å². The minimum atomic E-state index is -0.655. The number of thioether (sulfide) groups is 2. The van der Waals surface area contributed by atoms with Crippen LogP contribution in [0.5, 0.6) is 11.5 Å². The molecule has 0 unspecified atom stereocenters. The number of hydrogen-bond acceptors (Lipinski definition) is 12. The molecule has 0 aliphatic carbocycles. The molecule has 61 heavy (non-hydrogen) atoms. The summed E-state index contributed by atoms with van der Waals surface area (Å²) in [7, 11) is 0.